The zero-order valence-corrected chi connectivity index (χ0v) is 25.1. The molecule has 0 radical (unpaired) electrons. The monoisotopic (exact) mass is 656 g/mol. The lowest BCUT2D eigenvalue weighted by atomic mass is 10.1. The highest BCUT2D eigenvalue weighted by Gasteiger charge is 2.13. The van der Waals surface area contributed by atoms with Crippen LogP contribution in [0.25, 0.3) is 45.3 Å². The van der Waals surface area contributed by atoms with Gasteiger partial charge in [-0.1, -0.05) is 60.7 Å². The standard InChI is InChI=1S/2C17H13BrO2/c2*1-19-14-9-7-13(8-10-14)17-15(18)11-16(20-17)12-5-3-2-4-6-12/h2*2-11H,1H3. The molecule has 0 aliphatic rings. The first-order valence-corrected chi connectivity index (χ1v) is 14.1. The van der Waals surface area contributed by atoms with Crippen LogP contribution in [-0.4, -0.2) is 14.2 Å². The summed E-state index contributed by atoms with van der Waals surface area (Å²) < 4.78 is 24.2. The van der Waals surface area contributed by atoms with Gasteiger partial charge < -0.3 is 18.3 Å². The average molecular weight is 658 g/mol. The van der Waals surface area contributed by atoms with Gasteiger partial charge in [-0.25, -0.2) is 0 Å². The lowest BCUT2D eigenvalue weighted by Gasteiger charge is -2.01. The summed E-state index contributed by atoms with van der Waals surface area (Å²) in [7, 11) is 3.32. The molecule has 0 amide bonds. The zero-order valence-electron chi connectivity index (χ0n) is 21.9. The van der Waals surface area contributed by atoms with Crippen LogP contribution in [0.4, 0.5) is 0 Å². The van der Waals surface area contributed by atoms with Gasteiger partial charge in [-0.05, 0) is 92.5 Å². The number of rotatable bonds is 6. The van der Waals surface area contributed by atoms with E-state index in [0.717, 1.165) is 65.7 Å². The van der Waals surface area contributed by atoms with E-state index >= 15 is 0 Å². The van der Waals surface area contributed by atoms with Crippen LogP contribution in [0.2, 0.25) is 0 Å². The van der Waals surface area contributed by atoms with Gasteiger partial charge in [-0.2, -0.15) is 0 Å². The highest BCUT2D eigenvalue weighted by Crippen LogP contribution is 2.37. The van der Waals surface area contributed by atoms with Crippen LogP contribution in [0.5, 0.6) is 11.5 Å². The molecule has 6 rings (SSSR count). The Morgan fingerprint density at radius 3 is 1.12 bits per heavy atom. The Labute approximate surface area is 250 Å². The third kappa shape index (κ3) is 6.41. The molecule has 0 aliphatic heterocycles. The maximum atomic E-state index is 5.97. The third-order valence-corrected chi connectivity index (χ3v) is 7.37. The highest BCUT2D eigenvalue weighted by atomic mass is 79.9. The van der Waals surface area contributed by atoms with Crippen molar-refractivity contribution < 1.29 is 18.3 Å². The van der Waals surface area contributed by atoms with Crippen molar-refractivity contribution in [1.29, 1.82) is 0 Å². The largest absolute Gasteiger partial charge is 0.497 e. The maximum Gasteiger partial charge on any atom is 0.148 e. The average Bonchev–Trinajstić information content (AvgIpc) is 3.61. The number of halogens is 2. The molecule has 0 aliphatic carbocycles. The first kappa shape index (κ1) is 27.6. The fraction of sp³-hybridized carbons (Fsp3) is 0.0588. The predicted octanol–water partition coefficient (Wildman–Crippen LogP) is 10.8. The minimum atomic E-state index is 0.825. The molecule has 200 valence electrons. The smallest absolute Gasteiger partial charge is 0.148 e. The summed E-state index contributed by atoms with van der Waals surface area (Å²) in [5.74, 6) is 5.02. The molecule has 0 fully saturated rings. The van der Waals surface area contributed by atoms with E-state index in [1.54, 1.807) is 14.2 Å². The van der Waals surface area contributed by atoms with E-state index in [0.29, 0.717) is 0 Å². The van der Waals surface area contributed by atoms with Crippen LogP contribution in [-0.2, 0) is 0 Å². The van der Waals surface area contributed by atoms with Gasteiger partial charge in [-0.15, -0.1) is 0 Å². The molecule has 2 aromatic heterocycles. The van der Waals surface area contributed by atoms with Crippen LogP contribution in [0.3, 0.4) is 0 Å². The summed E-state index contributed by atoms with van der Waals surface area (Å²) >= 11 is 7.12. The Morgan fingerprint density at radius 2 is 0.800 bits per heavy atom. The van der Waals surface area contributed by atoms with Crippen molar-refractivity contribution in [1.82, 2.24) is 0 Å². The number of hydrogen-bond acceptors (Lipinski definition) is 4. The minimum absolute atomic E-state index is 0.825. The first-order chi connectivity index (χ1) is 19.6. The van der Waals surface area contributed by atoms with Gasteiger partial charge >= 0.3 is 0 Å². The van der Waals surface area contributed by atoms with Gasteiger partial charge in [0.2, 0.25) is 0 Å². The van der Waals surface area contributed by atoms with E-state index in [2.05, 4.69) is 31.9 Å². The summed E-state index contributed by atoms with van der Waals surface area (Å²) in [6.07, 6.45) is 0. The molecule has 6 aromatic rings. The van der Waals surface area contributed by atoms with Crippen molar-refractivity contribution >= 4 is 31.9 Å². The molecule has 4 nitrogen and oxygen atoms in total. The zero-order chi connectivity index (χ0) is 27.9. The molecule has 2 heterocycles. The molecule has 0 saturated heterocycles. The van der Waals surface area contributed by atoms with Crippen LogP contribution < -0.4 is 9.47 Å². The second-order valence-corrected chi connectivity index (χ2v) is 10.5. The Kier molecular flexibility index (Phi) is 8.89. The SMILES string of the molecule is COc1ccc(-c2oc(-c3ccccc3)cc2Br)cc1.COc1ccc(-c2oc(-c3ccccc3)cc2Br)cc1. The summed E-state index contributed by atoms with van der Waals surface area (Å²) in [6.45, 7) is 0. The van der Waals surface area contributed by atoms with Crippen LogP contribution in [0.15, 0.2) is 139 Å². The lowest BCUT2D eigenvalue weighted by Crippen LogP contribution is -1.82. The van der Waals surface area contributed by atoms with E-state index in [4.69, 9.17) is 18.3 Å². The van der Waals surface area contributed by atoms with Gasteiger partial charge in [0.05, 0.1) is 23.2 Å². The van der Waals surface area contributed by atoms with Crippen molar-refractivity contribution in [3.05, 3.63) is 130 Å². The van der Waals surface area contributed by atoms with Crippen molar-refractivity contribution in [2.45, 2.75) is 0 Å². The van der Waals surface area contributed by atoms with Crippen molar-refractivity contribution in [2.75, 3.05) is 14.2 Å². The number of benzene rings is 4. The van der Waals surface area contributed by atoms with Crippen molar-refractivity contribution in [3.8, 4) is 56.8 Å². The second kappa shape index (κ2) is 12.9. The lowest BCUT2D eigenvalue weighted by molar-refractivity contribution is 0.414. The Morgan fingerprint density at radius 1 is 0.450 bits per heavy atom. The molecular formula is C34H26Br2O4. The third-order valence-electron chi connectivity index (χ3n) is 6.19. The van der Waals surface area contributed by atoms with E-state index in [1.165, 1.54) is 0 Å². The molecule has 6 heteroatoms. The summed E-state index contributed by atoms with van der Waals surface area (Å²) in [5, 5.41) is 0. The summed E-state index contributed by atoms with van der Waals surface area (Å²) in [4.78, 5) is 0. The van der Waals surface area contributed by atoms with Gasteiger partial charge in [-0.3, -0.25) is 0 Å². The molecule has 0 N–H and O–H groups in total. The molecule has 4 aromatic carbocycles. The highest BCUT2D eigenvalue weighted by molar-refractivity contribution is 9.11. The Bertz CT molecular complexity index is 1530. The molecule has 0 spiro atoms. The fourth-order valence-corrected chi connectivity index (χ4v) is 5.14. The van der Waals surface area contributed by atoms with Crippen LogP contribution in [0.1, 0.15) is 0 Å². The Balaban J connectivity index is 0.000000161. The first-order valence-electron chi connectivity index (χ1n) is 12.5. The van der Waals surface area contributed by atoms with E-state index < -0.39 is 0 Å². The maximum absolute atomic E-state index is 5.97. The van der Waals surface area contributed by atoms with E-state index in [-0.39, 0.29) is 0 Å². The van der Waals surface area contributed by atoms with Crippen molar-refractivity contribution in [2.24, 2.45) is 0 Å². The predicted molar refractivity (Wildman–Crippen MR) is 168 cm³/mol. The van der Waals surface area contributed by atoms with Gasteiger partial charge in [0.1, 0.15) is 34.5 Å². The fourth-order valence-electron chi connectivity index (χ4n) is 4.11. The molecule has 0 saturated carbocycles. The summed E-state index contributed by atoms with van der Waals surface area (Å²) in [6, 6.07) is 39.7. The van der Waals surface area contributed by atoms with Gasteiger partial charge in [0, 0.05) is 22.3 Å². The summed E-state index contributed by atoms with van der Waals surface area (Å²) in [5.41, 5.74) is 4.15. The van der Waals surface area contributed by atoms with Crippen molar-refractivity contribution in [3.63, 3.8) is 0 Å². The number of methoxy groups -OCH3 is 2. The van der Waals surface area contributed by atoms with Crippen LogP contribution >= 0.6 is 31.9 Å². The number of furan rings is 2. The normalized spacial score (nSPS) is 10.5. The van der Waals surface area contributed by atoms with Crippen LogP contribution in [0, 0.1) is 0 Å². The topological polar surface area (TPSA) is 44.7 Å². The number of ether oxygens (including phenoxy) is 2. The molecule has 40 heavy (non-hydrogen) atoms. The molecule has 0 bridgehead atoms. The molecular weight excluding hydrogens is 632 g/mol. The Hall–Kier alpha value is -4.00. The van der Waals surface area contributed by atoms with Gasteiger partial charge in [0.25, 0.3) is 0 Å². The quantitative estimate of drug-likeness (QED) is 0.179. The van der Waals surface area contributed by atoms with Gasteiger partial charge in [0.15, 0.2) is 0 Å². The minimum Gasteiger partial charge on any atom is -0.497 e. The molecule has 0 unspecified atom stereocenters. The van der Waals surface area contributed by atoms with E-state index in [9.17, 15) is 0 Å². The molecule has 0 atom stereocenters. The second-order valence-electron chi connectivity index (χ2n) is 8.76. The number of hydrogen-bond donors (Lipinski definition) is 0. The van der Waals surface area contributed by atoms with E-state index in [1.807, 2.05) is 121 Å².